The van der Waals surface area contributed by atoms with Crippen LogP contribution in [0.25, 0.3) is 0 Å². The fraction of sp³-hybridized carbons (Fsp3) is 0.167. The summed E-state index contributed by atoms with van der Waals surface area (Å²) in [6.07, 6.45) is -1.52. The van der Waals surface area contributed by atoms with Crippen molar-refractivity contribution >= 4 is 34.1 Å². The van der Waals surface area contributed by atoms with Crippen molar-refractivity contribution in [1.82, 2.24) is 4.98 Å². The van der Waals surface area contributed by atoms with Gasteiger partial charge in [-0.3, -0.25) is 0 Å². The second-order valence-electron chi connectivity index (χ2n) is 2.13. The standard InChI is InChI=1S/C6H6F2IN3/c7-5(8)2-1-12-6(11)4(10)3(2)9/h1,5H,10H2,(H2,11,12). The van der Waals surface area contributed by atoms with E-state index in [1.54, 1.807) is 22.6 Å². The van der Waals surface area contributed by atoms with E-state index < -0.39 is 6.43 Å². The highest BCUT2D eigenvalue weighted by atomic mass is 127. The van der Waals surface area contributed by atoms with Crippen molar-refractivity contribution in [3.63, 3.8) is 0 Å². The average Bonchev–Trinajstić information content (AvgIpc) is 2.00. The molecule has 0 aliphatic rings. The number of pyridine rings is 1. The van der Waals surface area contributed by atoms with Crippen molar-refractivity contribution in [1.29, 1.82) is 0 Å². The van der Waals surface area contributed by atoms with Crippen LogP contribution in [0.1, 0.15) is 12.0 Å². The molecule has 0 aromatic carbocycles. The quantitative estimate of drug-likeness (QED) is 0.773. The van der Waals surface area contributed by atoms with Crippen molar-refractivity contribution in [3.8, 4) is 0 Å². The van der Waals surface area contributed by atoms with Gasteiger partial charge < -0.3 is 11.5 Å². The fourth-order valence-corrected chi connectivity index (χ4v) is 1.34. The van der Waals surface area contributed by atoms with Crippen LogP contribution in [0.5, 0.6) is 0 Å². The van der Waals surface area contributed by atoms with Crippen molar-refractivity contribution in [2.75, 3.05) is 11.5 Å². The van der Waals surface area contributed by atoms with Gasteiger partial charge in [0, 0.05) is 6.20 Å². The molecule has 1 aromatic rings. The molecule has 0 fully saturated rings. The first-order valence-electron chi connectivity index (χ1n) is 3.01. The SMILES string of the molecule is Nc1ncc(C(F)F)c(I)c1N. The van der Waals surface area contributed by atoms with Crippen LogP contribution in [0.4, 0.5) is 20.3 Å². The minimum absolute atomic E-state index is 0.0869. The second kappa shape index (κ2) is 3.38. The minimum atomic E-state index is -2.56. The number of hydrogen-bond donors (Lipinski definition) is 2. The Morgan fingerprint density at radius 3 is 2.50 bits per heavy atom. The lowest BCUT2D eigenvalue weighted by Crippen LogP contribution is -2.03. The molecule has 1 heterocycles. The topological polar surface area (TPSA) is 64.9 Å². The first-order valence-corrected chi connectivity index (χ1v) is 4.09. The van der Waals surface area contributed by atoms with Crippen LogP contribution in [0.3, 0.4) is 0 Å². The molecule has 0 aliphatic carbocycles. The Morgan fingerprint density at radius 2 is 2.00 bits per heavy atom. The smallest absolute Gasteiger partial charge is 0.266 e. The highest BCUT2D eigenvalue weighted by Crippen LogP contribution is 2.29. The zero-order valence-corrected chi connectivity index (χ0v) is 8.05. The van der Waals surface area contributed by atoms with Gasteiger partial charge in [0.1, 0.15) is 5.82 Å². The molecular formula is C6H6F2IN3. The summed E-state index contributed by atoms with van der Waals surface area (Å²) in [5.74, 6) is 0.0869. The van der Waals surface area contributed by atoms with Crippen LogP contribution in [-0.2, 0) is 0 Å². The number of aromatic nitrogens is 1. The molecule has 4 N–H and O–H groups in total. The Bertz CT molecular complexity index is 303. The summed E-state index contributed by atoms with van der Waals surface area (Å²) in [4.78, 5) is 3.53. The number of nitrogens with zero attached hydrogens (tertiary/aromatic N) is 1. The molecule has 0 unspecified atom stereocenters. The highest BCUT2D eigenvalue weighted by Gasteiger charge is 2.15. The van der Waals surface area contributed by atoms with Gasteiger partial charge in [-0.25, -0.2) is 13.8 Å². The molecule has 0 radical (unpaired) electrons. The van der Waals surface area contributed by atoms with Gasteiger partial charge in [0.2, 0.25) is 0 Å². The number of hydrogen-bond acceptors (Lipinski definition) is 3. The van der Waals surface area contributed by atoms with Crippen molar-refractivity contribution in [2.24, 2.45) is 0 Å². The first-order chi connectivity index (χ1) is 5.54. The van der Waals surface area contributed by atoms with E-state index in [-0.39, 0.29) is 20.6 Å². The third-order valence-electron chi connectivity index (χ3n) is 1.34. The Hall–Kier alpha value is -0.660. The highest BCUT2D eigenvalue weighted by molar-refractivity contribution is 14.1. The Labute approximate surface area is 81.3 Å². The predicted molar refractivity (Wildman–Crippen MR) is 50.7 cm³/mol. The van der Waals surface area contributed by atoms with E-state index in [1.165, 1.54) is 0 Å². The van der Waals surface area contributed by atoms with E-state index in [9.17, 15) is 8.78 Å². The van der Waals surface area contributed by atoms with E-state index in [2.05, 4.69) is 4.98 Å². The number of anilines is 2. The minimum Gasteiger partial charge on any atom is -0.395 e. The van der Waals surface area contributed by atoms with Gasteiger partial charge in [-0.2, -0.15) is 0 Å². The summed E-state index contributed by atoms with van der Waals surface area (Å²) in [5, 5.41) is 0. The maximum absolute atomic E-state index is 12.2. The number of alkyl halides is 2. The van der Waals surface area contributed by atoms with Crippen LogP contribution < -0.4 is 11.5 Å². The zero-order chi connectivity index (χ0) is 9.30. The second-order valence-corrected chi connectivity index (χ2v) is 3.21. The Morgan fingerprint density at radius 1 is 1.42 bits per heavy atom. The van der Waals surface area contributed by atoms with Crippen LogP contribution in [0.2, 0.25) is 0 Å². The number of nitrogens with two attached hydrogens (primary N) is 2. The lowest BCUT2D eigenvalue weighted by atomic mass is 10.2. The third-order valence-corrected chi connectivity index (χ3v) is 2.55. The van der Waals surface area contributed by atoms with E-state index in [4.69, 9.17) is 11.5 Å². The van der Waals surface area contributed by atoms with Gasteiger partial charge in [0.25, 0.3) is 6.43 Å². The maximum Gasteiger partial charge on any atom is 0.266 e. The third kappa shape index (κ3) is 1.57. The average molecular weight is 285 g/mol. The van der Waals surface area contributed by atoms with E-state index in [1.807, 2.05) is 0 Å². The maximum atomic E-state index is 12.2. The molecule has 0 saturated carbocycles. The van der Waals surface area contributed by atoms with Gasteiger partial charge in [-0.1, -0.05) is 0 Å². The molecule has 1 rings (SSSR count). The largest absolute Gasteiger partial charge is 0.395 e. The molecule has 0 spiro atoms. The predicted octanol–water partition coefficient (Wildman–Crippen LogP) is 1.79. The molecule has 66 valence electrons. The lowest BCUT2D eigenvalue weighted by molar-refractivity contribution is 0.150. The summed E-state index contributed by atoms with van der Waals surface area (Å²) in [6, 6.07) is 0. The van der Waals surface area contributed by atoms with Gasteiger partial charge in [-0.05, 0) is 22.6 Å². The normalized spacial score (nSPS) is 10.7. The van der Waals surface area contributed by atoms with Crippen molar-refractivity contribution < 1.29 is 8.78 Å². The molecule has 0 amide bonds. The van der Waals surface area contributed by atoms with Gasteiger partial charge in [0.05, 0.1) is 14.8 Å². The number of halogens is 3. The van der Waals surface area contributed by atoms with Crippen molar-refractivity contribution in [2.45, 2.75) is 6.43 Å². The monoisotopic (exact) mass is 285 g/mol. The van der Waals surface area contributed by atoms with E-state index in [0.717, 1.165) is 6.20 Å². The van der Waals surface area contributed by atoms with Gasteiger partial charge in [-0.15, -0.1) is 0 Å². The summed E-state index contributed by atoms with van der Waals surface area (Å²) in [7, 11) is 0. The van der Waals surface area contributed by atoms with Crippen LogP contribution >= 0.6 is 22.6 Å². The van der Waals surface area contributed by atoms with Crippen LogP contribution in [-0.4, -0.2) is 4.98 Å². The molecule has 0 saturated heterocycles. The fourth-order valence-electron chi connectivity index (χ4n) is 0.685. The van der Waals surface area contributed by atoms with E-state index >= 15 is 0 Å². The Balaban J connectivity index is 3.27. The van der Waals surface area contributed by atoms with Crippen LogP contribution in [0, 0.1) is 3.57 Å². The molecular weight excluding hydrogens is 279 g/mol. The summed E-state index contributed by atoms with van der Waals surface area (Å²) in [5.41, 5.74) is 10.6. The molecule has 0 bridgehead atoms. The molecule has 6 heteroatoms. The molecule has 0 atom stereocenters. The molecule has 3 nitrogen and oxygen atoms in total. The summed E-state index contributed by atoms with van der Waals surface area (Å²) < 4.78 is 24.7. The zero-order valence-electron chi connectivity index (χ0n) is 5.89. The van der Waals surface area contributed by atoms with Gasteiger partial charge >= 0.3 is 0 Å². The molecule has 0 aliphatic heterocycles. The Kier molecular flexibility index (Phi) is 2.65. The number of rotatable bonds is 1. The lowest BCUT2D eigenvalue weighted by Gasteiger charge is -2.06. The first kappa shape index (κ1) is 9.43. The van der Waals surface area contributed by atoms with Gasteiger partial charge in [0.15, 0.2) is 0 Å². The number of nitrogen functional groups attached to an aromatic ring is 2. The summed E-state index contributed by atoms with van der Waals surface area (Å²) >= 11 is 1.72. The molecule has 1 aromatic heterocycles. The summed E-state index contributed by atoms with van der Waals surface area (Å²) in [6.45, 7) is 0. The van der Waals surface area contributed by atoms with Crippen LogP contribution in [0.15, 0.2) is 6.20 Å². The molecule has 12 heavy (non-hydrogen) atoms. The van der Waals surface area contributed by atoms with E-state index in [0.29, 0.717) is 0 Å². The van der Waals surface area contributed by atoms with Crippen molar-refractivity contribution in [3.05, 3.63) is 15.3 Å².